The van der Waals surface area contributed by atoms with Crippen LogP contribution in [-0.4, -0.2) is 37.8 Å². The third kappa shape index (κ3) is 4.54. The first-order valence-corrected chi connectivity index (χ1v) is 9.81. The quantitative estimate of drug-likeness (QED) is 0.852. The maximum atomic E-state index is 13.1. The van der Waals surface area contributed by atoms with E-state index in [1.807, 2.05) is 0 Å². The van der Waals surface area contributed by atoms with Crippen LogP contribution in [0.2, 0.25) is 0 Å². The van der Waals surface area contributed by atoms with Crippen LogP contribution < -0.4 is 5.32 Å². The minimum absolute atomic E-state index is 0.0192. The Morgan fingerprint density at radius 3 is 2.58 bits per heavy atom. The Morgan fingerprint density at radius 1 is 1.29 bits per heavy atom. The fraction of sp³-hybridized carbons (Fsp3) is 0.588. The van der Waals surface area contributed by atoms with Crippen molar-refractivity contribution in [2.75, 3.05) is 13.1 Å². The average molecular weight is 356 g/mol. The normalized spacial score (nSPS) is 19.4. The van der Waals surface area contributed by atoms with Gasteiger partial charge in [0.05, 0.1) is 4.90 Å². The molecule has 1 N–H and O–H groups in total. The second kappa shape index (κ2) is 8.07. The van der Waals surface area contributed by atoms with Crippen molar-refractivity contribution in [2.45, 2.75) is 50.5 Å². The lowest BCUT2D eigenvalue weighted by Gasteiger charge is -2.33. The zero-order valence-corrected chi connectivity index (χ0v) is 15.0. The van der Waals surface area contributed by atoms with Crippen LogP contribution in [0.5, 0.6) is 0 Å². The molecule has 0 spiro atoms. The molecular formula is C17H25FN2O3S. The van der Waals surface area contributed by atoms with Crippen molar-refractivity contribution >= 4 is 15.9 Å². The molecule has 1 aromatic rings. The van der Waals surface area contributed by atoms with E-state index < -0.39 is 21.9 Å². The molecule has 0 unspecified atom stereocenters. The van der Waals surface area contributed by atoms with E-state index in [-0.39, 0.29) is 10.8 Å². The van der Waals surface area contributed by atoms with Crippen molar-refractivity contribution in [3.05, 3.63) is 30.1 Å². The monoisotopic (exact) mass is 356 g/mol. The van der Waals surface area contributed by atoms with Gasteiger partial charge in [-0.05, 0) is 49.4 Å². The van der Waals surface area contributed by atoms with E-state index in [4.69, 9.17) is 0 Å². The van der Waals surface area contributed by atoms with Gasteiger partial charge < -0.3 is 5.32 Å². The van der Waals surface area contributed by atoms with Gasteiger partial charge in [0.25, 0.3) is 0 Å². The minimum Gasteiger partial charge on any atom is -0.355 e. The molecular weight excluding hydrogens is 331 g/mol. The Bertz CT molecular complexity index is 659. The Balaban J connectivity index is 2.15. The Labute approximate surface area is 143 Å². The Kier molecular flexibility index (Phi) is 6.34. The predicted octanol–water partition coefficient (Wildman–Crippen LogP) is 2.53. The summed E-state index contributed by atoms with van der Waals surface area (Å²) in [6.07, 6.45) is 2.89. The SMILES string of the molecule is CC(C)CCNC(=O)[C@@H]1CCCCN1S(=O)(=O)c1ccc(F)cc1. The number of nitrogens with one attached hydrogen (secondary N) is 1. The topological polar surface area (TPSA) is 66.5 Å². The second-order valence-corrected chi connectivity index (χ2v) is 8.45. The molecule has 0 radical (unpaired) electrons. The van der Waals surface area contributed by atoms with Gasteiger partial charge in [-0.1, -0.05) is 20.3 Å². The summed E-state index contributed by atoms with van der Waals surface area (Å²) in [5.74, 6) is -0.271. The number of sulfonamides is 1. The van der Waals surface area contributed by atoms with Crippen molar-refractivity contribution < 1.29 is 17.6 Å². The number of nitrogens with zero attached hydrogens (tertiary/aromatic N) is 1. The molecule has 1 atom stereocenters. The third-order valence-electron chi connectivity index (χ3n) is 4.20. The van der Waals surface area contributed by atoms with Crippen LogP contribution in [0.4, 0.5) is 4.39 Å². The molecule has 1 heterocycles. The van der Waals surface area contributed by atoms with E-state index in [1.54, 1.807) is 0 Å². The number of hydrogen-bond acceptors (Lipinski definition) is 3. The molecule has 1 saturated heterocycles. The van der Waals surface area contributed by atoms with Crippen LogP contribution in [0.25, 0.3) is 0 Å². The molecule has 1 aromatic carbocycles. The highest BCUT2D eigenvalue weighted by Gasteiger charge is 2.37. The van der Waals surface area contributed by atoms with Gasteiger partial charge in [-0.3, -0.25) is 4.79 Å². The highest BCUT2D eigenvalue weighted by molar-refractivity contribution is 7.89. The molecule has 24 heavy (non-hydrogen) atoms. The number of benzene rings is 1. The summed E-state index contributed by atoms with van der Waals surface area (Å²) in [6.45, 7) is 4.98. The number of piperidine rings is 1. The largest absolute Gasteiger partial charge is 0.355 e. The summed E-state index contributed by atoms with van der Waals surface area (Å²) >= 11 is 0. The van der Waals surface area contributed by atoms with Gasteiger partial charge in [0.15, 0.2) is 0 Å². The van der Waals surface area contributed by atoms with Crippen LogP contribution in [-0.2, 0) is 14.8 Å². The summed E-state index contributed by atoms with van der Waals surface area (Å²) in [5.41, 5.74) is 0. The molecule has 134 valence electrons. The van der Waals surface area contributed by atoms with E-state index in [0.29, 0.717) is 25.4 Å². The molecule has 0 aliphatic carbocycles. The van der Waals surface area contributed by atoms with E-state index in [0.717, 1.165) is 31.4 Å². The number of hydrogen-bond donors (Lipinski definition) is 1. The molecule has 7 heteroatoms. The molecule has 1 amide bonds. The number of rotatable bonds is 6. The van der Waals surface area contributed by atoms with E-state index in [9.17, 15) is 17.6 Å². The van der Waals surface area contributed by atoms with E-state index >= 15 is 0 Å². The highest BCUT2D eigenvalue weighted by Crippen LogP contribution is 2.25. The van der Waals surface area contributed by atoms with Crippen molar-refractivity contribution in [1.82, 2.24) is 9.62 Å². The number of halogens is 1. The lowest BCUT2D eigenvalue weighted by molar-refractivity contribution is -0.125. The van der Waals surface area contributed by atoms with Crippen LogP contribution in [0, 0.1) is 11.7 Å². The zero-order valence-electron chi connectivity index (χ0n) is 14.2. The fourth-order valence-corrected chi connectivity index (χ4v) is 4.45. The van der Waals surface area contributed by atoms with Crippen LogP contribution in [0.3, 0.4) is 0 Å². The maximum Gasteiger partial charge on any atom is 0.243 e. The molecule has 1 aliphatic rings. The van der Waals surface area contributed by atoms with Gasteiger partial charge in [-0.15, -0.1) is 0 Å². The van der Waals surface area contributed by atoms with Crippen LogP contribution in [0.1, 0.15) is 39.5 Å². The third-order valence-corrected chi connectivity index (χ3v) is 6.12. The molecule has 1 aliphatic heterocycles. The summed E-state index contributed by atoms with van der Waals surface area (Å²) < 4.78 is 40.0. The minimum atomic E-state index is -3.81. The smallest absolute Gasteiger partial charge is 0.243 e. The van der Waals surface area contributed by atoms with Gasteiger partial charge in [0.1, 0.15) is 11.9 Å². The van der Waals surface area contributed by atoms with Gasteiger partial charge >= 0.3 is 0 Å². The number of amides is 1. The van der Waals surface area contributed by atoms with Crippen molar-refractivity contribution in [3.63, 3.8) is 0 Å². The average Bonchev–Trinajstić information content (AvgIpc) is 2.55. The molecule has 0 aromatic heterocycles. The zero-order chi connectivity index (χ0) is 17.7. The van der Waals surface area contributed by atoms with Crippen molar-refractivity contribution in [1.29, 1.82) is 0 Å². The fourth-order valence-electron chi connectivity index (χ4n) is 2.80. The van der Waals surface area contributed by atoms with Gasteiger partial charge in [0, 0.05) is 13.1 Å². The van der Waals surface area contributed by atoms with Gasteiger partial charge in [0.2, 0.25) is 15.9 Å². The van der Waals surface area contributed by atoms with Crippen LogP contribution in [0.15, 0.2) is 29.2 Å². The van der Waals surface area contributed by atoms with Crippen molar-refractivity contribution in [3.8, 4) is 0 Å². The maximum absolute atomic E-state index is 13.1. The first kappa shape index (κ1) is 18.9. The lowest BCUT2D eigenvalue weighted by Crippen LogP contribution is -2.52. The summed E-state index contributed by atoms with van der Waals surface area (Å²) in [4.78, 5) is 12.5. The summed E-state index contributed by atoms with van der Waals surface area (Å²) in [7, 11) is -3.81. The first-order chi connectivity index (χ1) is 11.3. The molecule has 0 bridgehead atoms. The predicted molar refractivity (Wildman–Crippen MR) is 90.4 cm³/mol. The number of carbonyl (C=O) groups excluding carboxylic acids is 1. The standard InChI is InChI=1S/C17H25FN2O3S/c1-13(2)10-11-19-17(21)16-5-3-4-12-20(16)24(22,23)15-8-6-14(18)7-9-15/h6-9,13,16H,3-5,10-12H2,1-2H3,(H,19,21)/t16-/m0/s1. The second-order valence-electron chi connectivity index (χ2n) is 6.55. The Morgan fingerprint density at radius 2 is 1.96 bits per heavy atom. The molecule has 0 saturated carbocycles. The summed E-state index contributed by atoms with van der Waals surface area (Å²) in [5, 5.41) is 2.84. The van der Waals surface area contributed by atoms with Gasteiger partial charge in [-0.25, -0.2) is 12.8 Å². The summed E-state index contributed by atoms with van der Waals surface area (Å²) in [6, 6.07) is 4.03. The Hall–Kier alpha value is -1.47. The molecule has 5 nitrogen and oxygen atoms in total. The van der Waals surface area contributed by atoms with Crippen molar-refractivity contribution in [2.24, 2.45) is 5.92 Å². The first-order valence-electron chi connectivity index (χ1n) is 8.37. The van der Waals surface area contributed by atoms with Gasteiger partial charge in [-0.2, -0.15) is 4.31 Å². The van der Waals surface area contributed by atoms with E-state index in [1.165, 1.54) is 16.4 Å². The highest BCUT2D eigenvalue weighted by atomic mass is 32.2. The molecule has 2 rings (SSSR count). The number of carbonyl (C=O) groups is 1. The lowest BCUT2D eigenvalue weighted by atomic mass is 10.0. The van der Waals surface area contributed by atoms with Crippen LogP contribution >= 0.6 is 0 Å². The molecule has 1 fully saturated rings. The van der Waals surface area contributed by atoms with E-state index in [2.05, 4.69) is 19.2 Å².